The highest BCUT2D eigenvalue weighted by Crippen LogP contribution is 2.35. The summed E-state index contributed by atoms with van der Waals surface area (Å²) in [5.41, 5.74) is 0.278. The van der Waals surface area contributed by atoms with Crippen LogP contribution in [0.4, 0.5) is 0 Å². The van der Waals surface area contributed by atoms with E-state index < -0.39 is 0 Å². The van der Waals surface area contributed by atoms with Crippen molar-refractivity contribution in [3.63, 3.8) is 0 Å². The lowest BCUT2D eigenvalue weighted by atomic mass is 9.79. The number of likely N-dealkylation sites (tertiary alicyclic amines) is 1. The summed E-state index contributed by atoms with van der Waals surface area (Å²) in [4.78, 5) is 7.59. The number of aliphatic imine (C=N–C) groups is 1. The van der Waals surface area contributed by atoms with Gasteiger partial charge < -0.3 is 15.7 Å². The van der Waals surface area contributed by atoms with E-state index in [-0.39, 0.29) is 36.1 Å². The minimum absolute atomic E-state index is 0. The summed E-state index contributed by atoms with van der Waals surface area (Å²) in [6.45, 7) is 7.01. The molecule has 23 heavy (non-hydrogen) atoms. The van der Waals surface area contributed by atoms with E-state index in [0.29, 0.717) is 6.54 Å². The van der Waals surface area contributed by atoms with Gasteiger partial charge in [-0.25, -0.2) is 0 Å². The largest absolute Gasteiger partial charge is 0.395 e. The lowest BCUT2D eigenvalue weighted by Gasteiger charge is -2.47. The van der Waals surface area contributed by atoms with Crippen molar-refractivity contribution < 1.29 is 5.11 Å². The number of piperidine rings is 1. The Morgan fingerprint density at radius 1 is 1.04 bits per heavy atom. The van der Waals surface area contributed by atoms with Crippen LogP contribution >= 0.6 is 24.0 Å². The molecule has 3 N–H and O–H groups in total. The highest BCUT2D eigenvalue weighted by Gasteiger charge is 2.38. The molecule has 1 aliphatic heterocycles. The first-order valence-corrected chi connectivity index (χ1v) is 9.19. The molecule has 0 unspecified atom stereocenters. The van der Waals surface area contributed by atoms with Crippen molar-refractivity contribution in [2.24, 2.45) is 4.99 Å². The Labute approximate surface area is 158 Å². The molecule has 2 aliphatic rings. The van der Waals surface area contributed by atoms with Crippen molar-refractivity contribution in [3.8, 4) is 0 Å². The molecule has 0 aromatic rings. The molecule has 0 amide bonds. The van der Waals surface area contributed by atoms with Gasteiger partial charge in [0.1, 0.15) is 0 Å². The van der Waals surface area contributed by atoms with Crippen molar-refractivity contribution in [2.75, 3.05) is 39.3 Å². The van der Waals surface area contributed by atoms with Crippen LogP contribution in [0, 0.1) is 0 Å². The Bertz CT molecular complexity index is 339. The van der Waals surface area contributed by atoms with Crippen LogP contribution in [0.2, 0.25) is 0 Å². The van der Waals surface area contributed by atoms with Gasteiger partial charge in [-0.05, 0) is 45.7 Å². The minimum Gasteiger partial charge on any atom is -0.395 e. The second-order valence-corrected chi connectivity index (χ2v) is 6.68. The second kappa shape index (κ2) is 11.5. The Kier molecular flexibility index (Phi) is 10.5. The summed E-state index contributed by atoms with van der Waals surface area (Å²) in [5.74, 6) is 0.846. The van der Waals surface area contributed by atoms with Crippen LogP contribution < -0.4 is 10.6 Å². The van der Waals surface area contributed by atoms with E-state index in [9.17, 15) is 0 Å². The van der Waals surface area contributed by atoms with Gasteiger partial charge in [0, 0.05) is 18.6 Å². The molecule has 2 rings (SSSR count). The van der Waals surface area contributed by atoms with Crippen LogP contribution in [0.3, 0.4) is 0 Å². The molecule has 1 aliphatic carbocycles. The molecule has 0 bridgehead atoms. The first-order valence-electron chi connectivity index (χ1n) is 9.19. The molecule has 6 heteroatoms. The van der Waals surface area contributed by atoms with Crippen LogP contribution in [0.5, 0.6) is 0 Å². The molecular formula is C17H35IN4O. The number of nitrogens with zero attached hydrogens (tertiary/aromatic N) is 2. The number of rotatable bonds is 6. The Morgan fingerprint density at radius 3 is 2.30 bits per heavy atom. The summed E-state index contributed by atoms with van der Waals surface area (Å²) in [6.07, 6.45) is 10.7. The van der Waals surface area contributed by atoms with Crippen LogP contribution in [0.15, 0.2) is 4.99 Å². The van der Waals surface area contributed by atoms with Gasteiger partial charge >= 0.3 is 0 Å². The maximum absolute atomic E-state index is 9.00. The lowest BCUT2D eigenvalue weighted by molar-refractivity contribution is 0.0407. The molecule has 1 heterocycles. The molecular weight excluding hydrogens is 403 g/mol. The average Bonchev–Trinajstić information content (AvgIpc) is 2.59. The number of nitrogens with one attached hydrogen (secondary N) is 2. The zero-order valence-electron chi connectivity index (χ0n) is 14.6. The van der Waals surface area contributed by atoms with Crippen molar-refractivity contribution in [1.82, 2.24) is 15.5 Å². The third-order valence-electron chi connectivity index (χ3n) is 5.09. The van der Waals surface area contributed by atoms with Gasteiger partial charge in [0.2, 0.25) is 0 Å². The van der Waals surface area contributed by atoms with Gasteiger partial charge in [-0.1, -0.05) is 25.7 Å². The summed E-state index contributed by atoms with van der Waals surface area (Å²) < 4.78 is 0. The van der Waals surface area contributed by atoms with Crippen LogP contribution in [-0.4, -0.2) is 60.8 Å². The zero-order chi connectivity index (χ0) is 15.7. The van der Waals surface area contributed by atoms with E-state index >= 15 is 0 Å². The molecule has 1 saturated heterocycles. The summed E-state index contributed by atoms with van der Waals surface area (Å²) >= 11 is 0. The van der Waals surface area contributed by atoms with E-state index in [0.717, 1.165) is 19.0 Å². The highest BCUT2D eigenvalue weighted by molar-refractivity contribution is 14.0. The van der Waals surface area contributed by atoms with Crippen molar-refractivity contribution >= 4 is 29.9 Å². The van der Waals surface area contributed by atoms with E-state index in [1.165, 1.54) is 64.5 Å². The lowest BCUT2D eigenvalue weighted by Crippen LogP contribution is -2.54. The first-order chi connectivity index (χ1) is 10.8. The Hall–Kier alpha value is -0.0800. The molecule has 0 spiro atoms. The van der Waals surface area contributed by atoms with Crippen LogP contribution in [0.25, 0.3) is 0 Å². The van der Waals surface area contributed by atoms with Crippen molar-refractivity contribution in [1.29, 1.82) is 0 Å². The summed E-state index contributed by atoms with van der Waals surface area (Å²) in [5, 5.41) is 15.5. The van der Waals surface area contributed by atoms with Crippen molar-refractivity contribution in [3.05, 3.63) is 0 Å². The third kappa shape index (κ3) is 6.38. The number of halogens is 1. The van der Waals surface area contributed by atoms with Crippen LogP contribution in [-0.2, 0) is 0 Å². The monoisotopic (exact) mass is 438 g/mol. The van der Waals surface area contributed by atoms with Crippen LogP contribution in [0.1, 0.15) is 58.3 Å². The molecule has 1 saturated carbocycles. The van der Waals surface area contributed by atoms with Crippen molar-refractivity contribution in [2.45, 2.75) is 63.8 Å². The number of hydrogen-bond acceptors (Lipinski definition) is 3. The normalized spacial score (nSPS) is 22.3. The summed E-state index contributed by atoms with van der Waals surface area (Å²) in [6, 6.07) is 0. The third-order valence-corrected chi connectivity index (χ3v) is 5.09. The van der Waals surface area contributed by atoms with E-state index in [1.54, 1.807) is 0 Å². The minimum atomic E-state index is 0. The van der Waals surface area contributed by atoms with Gasteiger partial charge in [0.05, 0.1) is 13.2 Å². The second-order valence-electron chi connectivity index (χ2n) is 6.68. The van der Waals surface area contributed by atoms with E-state index in [4.69, 9.17) is 10.1 Å². The first kappa shape index (κ1) is 21.0. The Morgan fingerprint density at radius 2 is 1.70 bits per heavy atom. The highest BCUT2D eigenvalue weighted by atomic mass is 127. The zero-order valence-corrected chi connectivity index (χ0v) is 17.0. The van der Waals surface area contributed by atoms with E-state index in [1.807, 2.05) is 0 Å². The standard InChI is InChI=1S/C17H34N4O.HI/c1-2-18-16(19-11-14-22)20-15-17(9-5-3-6-10-17)21-12-7-4-8-13-21;/h22H,2-15H2,1H3,(H2,18,19,20);1H. The molecule has 0 atom stereocenters. The topological polar surface area (TPSA) is 59.9 Å². The van der Waals surface area contributed by atoms with Gasteiger partial charge in [-0.2, -0.15) is 0 Å². The van der Waals surface area contributed by atoms with Gasteiger partial charge in [-0.15, -0.1) is 24.0 Å². The Balaban J connectivity index is 0.00000264. The molecule has 5 nitrogen and oxygen atoms in total. The average molecular weight is 438 g/mol. The van der Waals surface area contributed by atoms with Gasteiger partial charge in [-0.3, -0.25) is 9.89 Å². The fraction of sp³-hybridized carbons (Fsp3) is 0.941. The maximum Gasteiger partial charge on any atom is 0.191 e. The molecule has 0 radical (unpaired) electrons. The molecule has 136 valence electrons. The predicted molar refractivity (Wildman–Crippen MR) is 108 cm³/mol. The number of guanidine groups is 1. The molecule has 0 aromatic heterocycles. The number of aliphatic hydroxyl groups is 1. The SMILES string of the molecule is CCNC(=NCC1(N2CCCCC2)CCCCC1)NCCO.I. The fourth-order valence-corrected chi connectivity index (χ4v) is 3.89. The van der Waals surface area contributed by atoms with E-state index in [2.05, 4.69) is 22.5 Å². The molecule has 0 aromatic carbocycles. The van der Waals surface area contributed by atoms with Gasteiger partial charge in [0.15, 0.2) is 5.96 Å². The summed E-state index contributed by atoms with van der Waals surface area (Å²) in [7, 11) is 0. The quantitative estimate of drug-likeness (QED) is 0.339. The van der Waals surface area contributed by atoms with Gasteiger partial charge in [0.25, 0.3) is 0 Å². The molecule has 2 fully saturated rings. The number of hydrogen-bond donors (Lipinski definition) is 3. The maximum atomic E-state index is 9.00. The number of aliphatic hydroxyl groups excluding tert-OH is 1. The smallest absolute Gasteiger partial charge is 0.191 e. The fourth-order valence-electron chi connectivity index (χ4n) is 3.89. The predicted octanol–water partition coefficient (Wildman–Crippen LogP) is 2.34.